The molecule has 1 aliphatic heterocycles. The minimum absolute atomic E-state index is 0.0103. The Labute approximate surface area is 170 Å². The van der Waals surface area contributed by atoms with Crippen LogP contribution in [0.4, 0.5) is 5.69 Å². The van der Waals surface area contributed by atoms with Crippen LogP contribution in [0.25, 0.3) is 0 Å². The summed E-state index contributed by atoms with van der Waals surface area (Å²) in [7, 11) is 0. The first-order valence-electron chi connectivity index (χ1n) is 9.61. The minimum Gasteiger partial charge on any atom is -0.459 e. The normalized spacial score (nSPS) is 15.8. The van der Waals surface area contributed by atoms with E-state index >= 15 is 0 Å². The number of nitrogens with one attached hydrogen (secondary N) is 1. The van der Waals surface area contributed by atoms with Crippen LogP contribution in [-0.2, 0) is 4.79 Å². The molecule has 1 fully saturated rings. The molecule has 7 heteroatoms. The molecule has 1 aliphatic rings. The maximum absolute atomic E-state index is 13.2. The lowest BCUT2D eigenvalue weighted by Crippen LogP contribution is -2.49. The fraction of sp³-hybridized carbons (Fsp3) is 0.429. The van der Waals surface area contributed by atoms with Gasteiger partial charge in [0.2, 0.25) is 5.91 Å². The Kier molecular flexibility index (Phi) is 7.42. The molecule has 1 atom stereocenters. The number of nitrogens with zero attached hydrogens (tertiary/aromatic N) is 2. The number of anilines is 1. The highest BCUT2D eigenvalue weighted by Gasteiger charge is 2.28. The molecular weight excluding hydrogens is 374 g/mol. The number of benzene rings is 1. The van der Waals surface area contributed by atoms with Crippen LogP contribution in [0.3, 0.4) is 0 Å². The van der Waals surface area contributed by atoms with Gasteiger partial charge < -0.3 is 19.5 Å². The number of hydrogen-bond acceptors (Lipinski definition) is 5. The SMILES string of the molecule is CSCCC(NC(=O)c1ccco1)C(=O)N1CCCN(c2ccccc2)CC1. The van der Waals surface area contributed by atoms with Crippen LogP contribution in [0, 0.1) is 0 Å². The van der Waals surface area contributed by atoms with Crippen molar-refractivity contribution in [3.8, 4) is 0 Å². The lowest BCUT2D eigenvalue weighted by Gasteiger charge is -2.27. The molecule has 6 nitrogen and oxygen atoms in total. The summed E-state index contributed by atoms with van der Waals surface area (Å²) >= 11 is 1.67. The molecule has 2 heterocycles. The zero-order chi connectivity index (χ0) is 19.8. The van der Waals surface area contributed by atoms with Gasteiger partial charge in [-0.2, -0.15) is 11.8 Å². The third-order valence-electron chi connectivity index (χ3n) is 4.89. The predicted molar refractivity (Wildman–Crippen MR) is 113 cm³/mol. The van der Waals surface area contributed by atoms with Gasteiger partial charge in [-0.05, 0) is 49.1 Å². The van der Waals surface area contributed by atoms with Gasteiger partial charge in [0.15, 0.2) is 5.76 Å². The molecule has 2 aromatic rings. The summed E-state index contributed by atoms with van der Waals surface area (Å²) in [6.07, 6.45) is 4.97. The van der Waals surface area contributed by atoms with Crippen molar-refractivity contribution in [2.24, 2.45) is 0 Å². The van der Waals surface area contributed by atoms with Crippen LogP contribution in [0.15, 0.2) is 53.1 Å². The number of carbonyl (C=O) groups is 2. The molecule has 0 saturated carbocycles. The summed E-state index contributed by atoms with van der Waals surface area (Å²) < 4.78 is 5.16. The van der Waals surface area contributed by atoms with E-state index in [1.165, 1.54) is 12.0 Å². The van der Waals surface area contributed by atoms with E-state index in [1.54, 1.807) is 23.9 Å². The molecular formula is C21H27N3O3S. The van der Waals surface area contributed by atoms with Gasteiger partial charge in [0.25, 0.3) is 5.91 Å². The van der Waals surface area contributed by atoms with Crippen molar-refractivity contribution in [2.75, 3.05) is 43.1 Å². The Morgan fingerprint density at radius 1 is 1.11 bits per heavy atom. The van der Waals surface area contributed by atoms with E-state index < -0.39 is 6.04 Å². The summed E-state index contributed by atoms with van der Waals surface area (Å²) in [5, 5.41) is 2.86. The third-order valence-corrected chi connectivity index (χ3v) is 5.53. The van der Waals surface area contributed by atoms with E-state index in [0.29, 0.717) is 19.5 Å². The smallest absolute Gasteiger partial charge is 0.287 e. The highest BCUT2D eigenvalue weighted by atomic mass is 32.2. The van der Waals surface area contributed by atoms with Crippen molar-refractivity contribution < 1.29 is 14.0 Å². The van der Waals surface area contributed by atoms with Crippen molar-refractivity contribution in [1.29, 1.82) is 0 Å². The van der Waals surface area contributed by atoms with Gasteiger partial charge in [-0.15, -0.1) is 0 Å². The van der Waals surface area contributed by atoms with E-state index in [0.717, 1.165) is 25.3 Å². The van der Waals surface area contributed by atoms with Gasteiger partial charge in [0.05, 0.1) is 6.26 Å². The van der Waals surface area contributed by atoms with E-state index in [-0.39, 0.29) is 17.6 Å². The second-order valence-corrected chi connectivity index (χ2v) is 7.77. The third kappa shape index (κ3) is 5.32. The fourth-order valence-corrected chi connectivity index (χ4v) is 3.86. The second kappa shape index (κ2) is 10.2. The van der Waals surface area contributed by atoms with Gasteiger partial charge >= 0.3 is 0 Å². The van der Waals surface area contributed by atoms with Crippen molar-refractivity contribution in [3.05, 3.63) is 54.5 Å². The maximum Gasteiger partial charge on any atom is 0.287 e. The number of carbonyl (C=O) groups excluding carboxylic acids is 2. The Morgan fingerprint density at radius 2 is 1.93 bits per heavy atom. The van der Waals surface area contributed by atoms with Crippen LogP contribution in [0.1, 0.15) is 23.4 Å². The number of rotatable bonds is 7. The summed E-state index contributed by atoms with van der Waals surface area (Å²) in [5.74, 6) is 0.681. The van der Waals surface area contributed by atoms with E-state index in [2.05, 4.69) is 22.3 Å². The van der Waals surface area contributed by atoms with Crippen molar-refractivity contribution in [2.45, 2.75) is 18.9 Å². The Bertz CT molecular complexity index is 752. The lowest BCUT2D eigenvalue weighted by atomic mass is 10.1. The minimum atomic E-state index is -0.534. The predicted octanol–water partition coefficient (Wildman–Crippen LogP) is 2.87. The standard InChI is InChI=1S/C21H27N3O3S/c1-28-16-10-18(22-20(25)19-9-5-15-27-19)21(26)24-12-6-11-23(13-14-24)17-7-3-2-4-8-17/h2-5,7-9,15,18H,6,10-14,16H2,1H3,(H,22,25). The van der Waals surface area contributed by atoms with Crippen LogP contribution in [0.5, 0.6) is 0 Å². The molecule has 0 spiro atoms. The number of furan rings is 1. The maximum atomic E-state index is 13.2. The molecule has 1 N–H and O–H groups in total. The zero-order valence-corrected chi connectivity index (χ0v) is 17.0. The molecule has 1 unspecified atom stereocenters. The van der Waals surface area contributed by atoms with E-state index in [1.807, 2.05) is 29.4 Å². The van der Waals surface area contributed by atoms with Gasteiger partial charge in [0, 0.05) is 31.9 Å². The largest absolute Gasteiger partial charge is 0.459 e. The molecule has 3 rings (SSSR count). The molecule has 0 radical (unpaired) electrons. The van der Waals surface area contributed by atoms with Gasteiger partial charge in [-0.25, -0.2) is 0 Å². The van der Waals surface area contributed by atoms with Crippen LogP contribution >= 0.6 is 11.8 Å². The number of amides is 2. The first-order chi connectivity index (χ1) is 13.7. The van der Waals surface area contributed by atoms with Gasteiger partial charge in [-0.1, -0.05) is 18.2 Å². The van der Waals surface area contributed by atoms with Gasteiger partial charge in [0.1, 0.15) is 6.04 Å². The quantitative estimate of drug-likeness (QED) is 0.773. The average Bonchev–Trinajstić information content (AvgIpc) is 3.16. The van der Waals surface area contributed by atoms with Crippen molar-refractivity contribution in [1.82, 2.24) is 10.2 Å². The molecule has 150 valence electrons. The topological polar surface area (TPSA) is 65.8 Å². The van der Waals surface area contributed by atoms with E-state index in [4.69, 9.17) is 4.42 Å². The number of thioether (sulfide) groups is 1. The highest BCUT2D eigenvalue weighted by Crippen LogP contribution is 2.17. The molecule has 1 aromatic carbocycles. The van der Waals surface area contributed by atoms with Crippen molar-refractivity contribution in [3.63, 3.8) is 0 Å². The van der Waals surface area contributed by atoms with Gasteiger partial charge in [-0.3, -0.25) is 9.59 Å². The molecule has 28 heavy (non-hydrogen) atoms. The summed E-state index contributed by atoms with van der Waals surface area (Å²) in [6, 6.07) is 13.0. The van der Waals surface area contributed by atoms with Crippen LogP contribution < -0.4 is 10.2 Å². The Balaban J connectivity index is 1.63. The molecule has 1 saturated heterocycles. The lowest BCUT2D eigenvalue weighted by molar-refractivity contribution is -0.133. The highest BCUT2D eigenvalue weighted by molar-refractivity contribution is 7.98. The first kappa shape index (κ1) is 20.3. The first-order valence-corrected chi connectivity index (χ1v) is 11.0. The summed E-state index contributed by atoms with van der Waals surface area (Å²) in [5.41, 5.74) is 1.18. The van der Waals surface area contributed by atoms with Crippen LogP contribution in [-0.4, -0.2) is 60.9 Å². The fourth-order valence-electron chi connectivity index (χ4n) is 3.39. The molecule has 0 bridgehead atoms. The summed E-state index contributed by atoms with van der Waals surface area (Å²) in [4.78, 5) is 29.7. The monoisotopic (exact) mass is 401 g/mol. The molecule has 2 amide bonds. The van der Waals surface area contributed by atoms with Crippen LogP contribution in [0.2, 0.25) is 0 Å². The average molecular weight is 402 g/mol. The molecule has 1 aromatic heterocycles. The Hall–Kier alpha value is -2.41. The van der Waals surface area contributed by atoms with E-state index in [9.17, 15) is 9.59 Å². The molecule has 0 aliphatic carbocycles. The second-order valence-electron chi connectivity index (χ2n) is 6.79. The van der Waals surface area contributed by atoms with Crippen molar-refractivity contribution >= 4 is 29.3 Å². The number of para-hydroxylation sites is 1. The Morgan fingerprint density at radius 3 is 2.64 bits per heavy atom. The number of hydrogen-bond donors (Lipinski definition) is 1. The summed E-state index contributed by atoms with van der Waals surface area (Å²) in [6.45, 7) is 3.06. The zero-order valence-electron chi connectivity index (χ0n) is 16.2.